The zero-order chi connectivity index (χ0) is 9.42. The van der Waals surface area contributed by atoms with Crippen LogP contribution in [0.5, 0.6) is 0 Å². The van der Waals surface area contributed by atoms with Crippen molar-refractivity contribution in [3.05, 3.63) is 12.2 Å². The molecule has 2 aliphatic rings. The number of carbonyl (C=O) groups excluding carboxylic acids is 2. The van der Waals surface area contributed by atoms with Gasteiger partial charge in [0.05, 0.1) is 6.10 Å². The molecule has 13 heavy (non-hydrogen) atoms. The summed E-state index contributed by atoms with van der Waals surface area (Å²) >= 11 is 0. The Morgan fingerprint density at radius 1 is 1.46 bits per heavy atom. The highest BCUT2D eigenvalue weighted by Gasteiger charge is 2.41. The largest absolute Gasteiger partial charge is 0.462 e. The molecule has 0 saturated carbocycles. The summed E-state index contributed by atoms with van der Waals surface area (Å²) in [6.45, 7) is 1.87. The maximum atomic E-state index is 11.4. The SMILES string of the molecule is CC1CC2CC=CC(=O)C2C(=O)O1. The predicted octanol–water partition coefficient (Wildman–Crippen LogP) is 1.08. The van der Waals surface area contributed by atoms with Gasteiger partial charge < -0.3 is 4.74 Å². The van der Waals surface area contributed by atoms with Crippen LogP contribution in [0.1, 0.15) is 19.8 Å². The first-order valence-corrected chi connectivity index (χ1v) is 4.59. The molecule has 0 spiro atoms. The van der Waals surface area contributed by atoms with Crippen molar-refractivity contribution in [2.24, 2.45) is 11.8 Å². The van der Waals surface area contributed by atoms with E-state index in [0.29, 0.717) is 0 Å². The standard InChI is InChI=1S/C10H12O3/c1-6-5-7-3-2-4-8(11)9(7)10(12)13-6/h2,4,6-7,9H,3,5H2,1H3. The number of allylic oxidation sites excluding steroid dienone is 2. The van der Waals surface area contributed by atoms with Gasteiger partial charge in [-0.1, -0.05) is 6.08 Å². The normalized spacial score (nSPS) is 38.4. The maximum Gasteiger partial charge on any atom is 0.317 e. The van der Waals surface area contributed by atoms with Crippen molar-refractivity contribution < 1.29 is 14.3 Å². The number of hydrogen-bond acceptors (Lipinski definition) is 3. The van der Waals surface area contributed by atoms with Crippen molar-refractivity contribution >= 4 is 11.8 Å². The summed E-state index contributed by atoms with van der Waals surface area (Å²) in [6, 6.07) is 0. The monoisotopic (exact) mass is 180 g/mol. The van der Waals surface area contributed by atoms with Gasteiger partial charge in [0.25, 0.3) is 0 Å². The third-order valence-electron chi connectivity index (χ3n) is 2.70. The predicted molar refractivity (Wildman–Crippen MR) is 45.9 cm³/mol. The van der Waals surface area contributed by atoms with Crippen molar-refractivity contribution in [2.75, 3.05) is 0 Å². The fourth-order valence-corrected chi connectivity index (χ4v) is 2.12. The lowest BCUT2D eigenvalue weighted by Crippen LogP contribution is -2.41. The molecule has 1 aliphatic carbocycles. The van der Waals surface area contributed by atoms with Crippen LogP contribution in [0.25, 0.3) is 0 Å². The molecule has 70 valence electrons. The van der Waals surface area contributed by atoms with E-state index >= 15 is 0 Å². The number of ether oxygens (including phenoxy) is 1. The quantitative estimate of drug-likeness (QED) is 0.414. The number of ketones is 1. The van der Waals surface area contributed by atoms with Crippen LogP contribution in [-0.2, 0) is 14.3 Å². The first-order chi connectivity index (χ1) is 6.18. The van der Waals surface area contributed by atoms with Gasteiger partial charge in [-0.25, -0.2) is 0 Å². The third-order valence-corrected chi connectivity index (χ3v) is 2.70. The number of fused-ring (bicyclic) bond motifs is 1. The van der Waals surface area contributed by atoms with Crippen molar-refractivity contribution in [3.8, 4) is 0 Å². The number of cyclic esters (lactones) is 1. The fourth-order valence-electron chi connectivity index (χ4n) is 2.12. The average Bonchev–Trinajstić information content (AvgIpc) is 2.02. The zero-order valence-electron chi connectivity index (χ0n) is 7.53. The highest BCUT2D eigenvalue weighted by atomic mass is 16.5. The second kappa shape index (κ2) is 2.98. The molecular formula is C10H12O3. The first-order valence-electron chi connectivity index (χ1n) is 4.59. The van der Waals surface area contributed by atoms with Gasteiger partial charge in [0.15, 0.2) is 5.78 Å². The second-order valence-electron chi connectivity index (χ2n) is 3.76. The smallest absolute Gasteiger partial charge is 0.317 e. The van der Waals surface area contributed by atoms with Gasteiger partial charge in [0.2, 0.25) is 0 Å². The first kappa shape index (κ1) is 8.48. The van der Waals surface area contributed by atoms with Crippen LogP contribution >= 0.6 is 0 Å². The Kier molecular flexibility index (Phi) is 1.94. The molecule has 0 radical (unpaired) electrons. The van der Waals surface area contributed by atoms with Gasteiger partial charge in [-0.15, -0.1) is 0 Å². The van der Waals surface area contributed by atoms with Crippen LogP contribution in [0.3, 0.4) is 0 Å². The fraction of sp³-hybridized carbons (Fsp3) is 0.600. The van der Waals surface area contributed by atoms with Gasteiger partial charge in [-0.3, -0.25) is 9.59 Å². The molecule has 2 rings (SSSR count). The molecule has 0 N–H and O–H groups in total. The minimum Gasteiger partial charge on any atom is -0.462 e. The molecule has 0 aromatic rings. The Morgan fingerprint density at radius 3 is 3.00 bits per heavy atom. The highest BCUT2D eigenvalue weighted by Crippen LogP contribution is 2.33. The van der Waals surface area contributed by atoms with Crippen molar-refractivity contribution in [1.82, 2.24) is 0 Å². The van der Waals surface area contributed by atoms with E-state index in [1.165, 1.54) is 6.08 Å². The van der Waals surface area contributed by atoms with E-state index in [-0.39, 0.29) is 23.8 Å². The summed E-state index contributed by atoms with van der Waals surface area (Å²) in [6.07, 6.45) is 4.96. The van der Waals surface area contributed by atoms with Crippen molar-refractivity contribution in [1.29, 1.82) is 0 Å². The van der Waals surface area contributed by atoms with Gasteiger partial charge in [-0.05, 0) is 31.8 Å². The topological polar surface area (TPSA) is 43.4 Å². The van der Waals surface area contributed by atoms with E-state index in [2.05, 4.69) is 0 Å². The molecule has 0 aromatic carbocycles. The van der Waals surface area contributed by atoms with Gasteiger partial charge in [0.1, 0.15) is 5.92 Å². The van der Waals surface area contributed by atoms with Crippen LogP contribution in [0, 0.1) is 11.8 Å². The van der Waals surface area contributed by atoms with Gasteiger partial charge >= 0.3 is 5.97 Å². The van der Waals surface area contributed by atoms with E-state index < -0.39 is 5.92 Å². The van der Waals surface area contributed by atoms with Crippen LogP contribution in [0.15, 0.2) is 12.2 Å². The van der Waals surface area contributed by atoms with Crippen molar-refractivity contribution in [2.45, 2.75) is 25.9 Å². The Labute approximate surface area is 76.8 Å². The van der Waals surface area contributed by atoms with Crippen LogP contribution in [0.2, 0.25) is 0 Å². The van der Waals surface area contributed by atoms with Crippen LogP contribution in [-0.4, -0.2) is 17.9 Å². The van der Waals surface area contributed by atoms with E-state index in [9.17, 15) is 9.59 Å². The minimum absolute atomic E-state index is 0.0342. The number of carbonyl (C=O) groups is 2. The Bertz CT molecular complexity index is 280. The minimum atomic E-state index is -0.513. The molecule has 3 heteroatoms. The third kappa shape index (κ3) is 1.39. The summed E-state index contributed by atoms with van der Waals surface area (Å²) in [4.78, 5) is 22.7. The molecule has 3 nitrogen and oxygen atoms in total. The van der Waals surface area contributed by atoms with E-state index in [0.717, 1.165) is 12.8 Å². The molecule has 1 heterocycles. The maximum absolute atomic E-state index is 11.4. The lowest BCUT2D eigenvalue weighted by Gasteiger charge is -2.33. The lowest BCUT2D eigenvalue weighted by molar-refractivity contribution is -0.165. The molecule has 0 amide bonds. The highest BCUT2D eigenvalue weighted by molar-refractivity contribution is 6.06. The molecular weight excluding hydrogens is 168 g/mol. The molecule has 1 aliphatic heterocycles. The van der Waals surface area contributed by atoms with Gasteiger partial charge in [0, 0.05) is 0 Å². The summed E-state index contributed by atoms with van der Waals surface area (Å²) in [5.74, 6) is -0.763. The summed E-state index contributed by atoms with van der Waals surface area (Å²) in [5, 5.41) is 0. The van der Waals surface area contributed by atoms with E-state index in [1.54, 1.807) is 0 Å². The van der Waals surface area contributed by atoms with Crippen LogP contribution < -0.4 is 0 Å². The molecule has 0 bridgehead atoms. The lowest BCUT2D eigenvalue weighted by atomic mass is 9.77. The molecule has 1 saturated heterocycles. The average molecular weight is 180 g/mol. The summed E-state index contributed by atoms with van der Waals surface area (Å²) in [5.41, 5.74) is 0. The molecule has 3 atom stereocenters. The van der Waals surface area contributed by atoms with E-state index in [4.69, 9.17) is 4.74 Å². The summed E-state index contributed by atoms with van der Waals surface area (Å²) < 4.78 is 5.03. The van der Waals surface area contributed by atoms with E-state index in [1.807, 2.05) is 13.0 Å². The summed E-state index contributed by atoms with van der Waals surface area (Å²) in [7, 11) is 0. The Morgan fingerprint density at radius 2 is 2.23 bits per heavy atom. The molecule has 0 aromatic heterocycles. The van der Waals surface area contributed by atoms with Crippen molar-refractivity contribution in [3.63, 3.8) is 0 Å². The Balaban J connectivity index is 2.24. The Hall–Kier alpha value is -1.12. The number of esters is 1. The zero-order valence-corrected chi connectivity index (χ0v) is 7.53. The van der Waals surface area contributed by atoms with Crippen LogP contribution in [0.4, 0.5) is 0 Å². The molecule has 1 fully saturated rings. The number of rotatable bonds is 0. The number of hydrogen-bond donors (Lipinski definition) is 0. The molecule has 3 unspecified atom stereocenters. The van der Waals surface area contributed by atoms with Gasteiger partial charge in [-0.2, -0.15) is 0 Å². The second-order valence-corrected chi connectivity index (χ2v) is 3.76.